The van der Waals surface area contributed by atoms with Crippen LogP contribution < -0.4 is 0 Å². The van der Waals surface area contributed by atoms with Crippen LogP contribution in [0.5, 0.6) is 0 Å². The van der Waals surface area contributed by atoms with Crippen LogP contribution in [0.4, 0.5) is 0 Å². The van der Waals surface area contributed by atoms with Crippen LogP contribution in [0.15, 0.2) is 0 Å². The minimum atomic E-state index is -0.0576. The largest absolute Gasteiger partial charge is 0.393 e. The number of aliphatic hydroxyl groups is 1. The molecule has 0 aromatic heterocycles. The van der Waals surface area contributed by atoms with Crippen LogP contribution >= 0.6 is 0 Å². The van der Waals surface area contributed by atoms with Gasteiger partial charge >= 0.3 is 0 Å². The first-order valence-corrected chi connectivity index (χ1v) is 9.04. The van der Waals surface area contributed by atoms with E-state index in [0.29, 0.717) is 17.8 Å². The van der Waals surface area contributed by atoms with E-state index in [1.165, 1.54) is 51.6 Å². The van der Waals surface area contributed by atoms with E-state index < -0.39 is 0 Å². The summed E-state index contributed by atoms with van der Waals surface area (Å²) in [5.74, 6) is 3.91. The highest BCUT2D eigenvalue weighted by molar-refractivity contribution is 4.88. The number of rotatable bonds is 2. The van der Waals surface area contributed by atoms with Gasteiger partial charge in [0.1, 0.15) is 0 Å². The van der Waals surface area contributed by atoms with Crippen molar-refractivity contribution in [2.45, 2.75) is 64.9 Å². The summed E-state index contributed by atoms with van der Waals surface area (Å²) in [6, 6.07) is 0. The van der Waals surface area contributed by atoms with Crippen molar-refractivity contribution in [3.05, 3.63) is 0 Å². The number of nitrogens with zero attached hydrogens (tertiary/aromatic N) is 1. The molecule has 0 radical (unpaired) electrons. The Hall–Kier alpha value is -0.0800. The van der Waals surface area contributed by atoms with Crippen LogP contribution in [-0.4, -0.2) is 35.7 Å². The van der Waals surface area contributed by atoms with Crippen molar-refractivity contribution in [1.29, 1.82) is 0 Å². The van der Waals surface area contributed by atoms with Crippen LogP contribution in [0.1, 0.15) is 58.8 Å². The molecule has 116 valence electrons. The van der Waals surface area contributed by atoms with Gasteiger partial charge in [-0.1, -0.05) is 33.1 Å². The molecule has 6 atom stereocenters. The van der Waals surface area contributed by atoms with Crippen LogP contribution in [0, 0.1) is 29.6 Å². The van der Waals surface area contributed by atoms with E-state index in [1.807, 2.05) is 0 Å². The van der Waals surface area contributed by atoms with E-state index in [2.05, 4.69) is 18.7 Å². The number of likely N-dealkylation sites (tertiary alicyclic amines) is 1. The quantitative estimate of drug-likeness (QED) is 0.835. The smallest absolute Gasteiger partial charge is 0.0585 e. The van der Waals surface area contributed by atoms with Crippen molar-refractivity contribution in [3.63, 3.8) is 0 Å². The maximum Gasteiger partial charge on any atom is 0.0585 e. The van der Waals surface area contributed by atoms with E-state index in [9.17, 15) is 5.11 Å². The molecule has 2 nitrogen and oxygen atoms in total. The fourth-order valence-corrected chi connectivity index (χ4v) is 5.31. The van der Waals surface area contributed by atoms with Gasteiger partial charge in [0.25, 0.3) is 0 Å². The topological polar surface area (TPSA) is 23.5 Å². The molecule has 20 heavy (non-hydrogen) atoms. The maximum absolute atomic E-state index is 10.4. The first kappa shape index (κ1) is 14.8. The summed E-state index contributed by atoms with van der Waals surface area (Å²) in [6.07, 6.45) is 9.55. The van der Waals surface area contributed by atoms with Crippen LogP contribution in [0.25, 0.3) is 0 Å². The lowest BCUT2D eigenvalue weighted by molar-refractivity contribution is -0.0165. The average molecular weight is 279 g/mol. The van der Waals surface area contributed by atoms with Crippen molar-refractivity contribution < 1.29 is 5.11 Å². The zero-order valence-electron chi connectivity index (χ0n) is 13.4. The van der Waals surface area contributed by atoms with Crippen LogP contribution in [0.3, 0.4) is 0 Å². The molecular formula is C18H33NO. The third-order valence-corrected chi connectivity index (χ3v) is 6.49. The third kappa shape index (κ3) is 3.22. The number of fused-ring (bicyclic) bond motifs is 1. The second-order valence-corrected chi connectivity index (χ2v) is 8.14. The molecule has 0 amide bonds. The number of hydrogen-bond acceptors (Lipinski definition) is 2. The predicted molar refractivity (Wildman–Crippen MR) is 83.6 cm³/mol. The Bertz CT molecular complexity index is 307. The van der Waals surface area contributed by atoms with Gasteiger partial charge < -0.3 is 10.0 Å². The van der Waals surface area contributed by atoms with Gasteiger partial charge in [-0.3, -0.25) is 0 Å². The summed E-state index contributed by atoms with van der Waals surface area (Å²) in [5.41, 5.74) is 0. The molecule has 0 bridgehead atoms. The standard InChI is InChI=1S/C18H33NO/c1-13-9-14(2)17(18(20)10-13)12-19-8-7-15-5-3-4-6-16(15)11-19/h13-18,20H,3-12H2,1-2H3. The lowest BCUT2D eigenvalue weighted by Crippen LogP contribution is -2.48. The first-order valence-electron chi connectivity index (χ1n) is 9.04. The van der Waals surface area contributed by atoms with Gasteiger partial charge in [0.05, 0.1) is 6.10 Å². The van der Waals surface area contributed by atoms with E-state index in [0.717, 1.165) is 24.8 Å². The Morgan fingerprint density at radius 1 is 1.00 bits per heavy atom. The molecule has 6 unspecified atom stereocenters. The Kier molecular flexibility index (Phi) is 4.72. The molecule has 3 fully saturated rings. The molecule has 1 heterocycles. The summed E-state index contributed by atoms with van der Waals surface area (Å²) in [6.45, 7) is 8.40. The molecule has 2 heteroatoms. The highest BCUT2D eigenvalue weighted by Crippen LogP contribution is 2.38. The van der Waals surface area contributed by atoms with Crippen molar-refractivity contribution in [1.82, 2.24) is 4.90 Å². The first-order chi connectivity index (χ1) is 9.63. The summed E-state index contributed by atoms with van der Waals surface area (Å²) >= 11 is 0. The molecule has 0 aromatic carbocycles. The van der Waals surface area contributed by atoms with Crippen molar-refractivity contribution >= 4 is 0 Å². The minimum absolute atomic E-state index is 0.0576. The van der Waals surface area contributed by atoms with Crippen molar-refractivity contribution in [2.24, 2.45) is 29.6 Å². The summed E-state index contributed by atoms with van der Waals surface area (Å²) in [7, 11) is 0. The van der Waals surface area contributed by atoms with Gasteiger partial charge in [0.2, 0.25) is 0 Å². The Morgan fingerprint density at radius 2 is 1.75 bits per heavy atom. The summed E-state index contributed by atoms with van der Waals surface area (Å²) in [4.78, 5) is 2.69. The van der Waals surface area contributed by atoms with E-state index >= 15 is 0 Å². The number of hydrogen-bond donors (Lipinski definition) is 1. The second kappa shape index (κ2) is 6.36. The third-order valence-electron chi connectivity index (χ3n) is 6.49. The monoisotopic (exact) mass is 279 g/mol. The molecule has 0 spiro atoms. The summed E-state index contributed by atoms with van der Waals surface area (Å²) in [5, 5.41) is 10.4. The highest BCUT2D eigenvalue weighted by Gasteiger charge is 2.36. The lowest BCUT2D eigenvalue weighted by atomic mass is 9.72. The zero-order chi connectivity index (χ0) is 14.1. The lowest BCUT2D eigenvalue weighted by Gasteiger charge is -2.45. The fourth-order valence-electron chi connectivity index (χ4n) is 5.31. The zero-order valence-corrected chi connectivity index (χ0v) is 13.4. The Morgan fingerprint density at radius 3 is 2.50 bits per heavy atom. The molecular weight excluding hydrogens is 246 g/mol. The number of piperidine rings is 1. The molecule has 1 N–H and O–H groups in total. The van der Waals surface area contributed by atoms with Crippen LogP contribution in [0.2, 0.25) is 0 Å². The van der Waals surface area contributed by atoms with Gasteiger partial charge in [-0.15, -0.1) is 0 Å². The normalized spacial score (nSPS) is 47.0. The Balaban J connectivity index is 1.55. The molecule has 1 saturated heterocycles. The van der Waals surface area contributed by atoms with Crippen molar-refractivity contribution in [3.8, 4) is 0 Å². The number of aliphatic hydroxyl groups excluding tert-OH is 1. The molecule has 3 aliphatic rings. The van der Waals surface area contributed by atoms with Gasteiger partial charge in [-0.05, 0) is 55.9 Å². The van der Waals surface area contributed by atoms with Crippen LogP contribution in [-0.2, 0) is 0 Å². The second-order valence-electron chi connectivity index (χ2n) is 8.14. The van der Waals surface area contributed by atoms with Gasteiger partial charge in [0, 0.05) is 19.0 Å². The summed E-state index contributed by atoms with van der Waals surface area (Å²) < 4.78 is 0. The molecule has 1 aliphatic heterocycles. The molecule has 2 saturated carbocycles. The van der Waals surface area contributed by atoms with E-state index in [1.54, 1.807) is 0 Å². The SMILES string of the molecule is CC1CC(C)C(CN2CCC3CCCCC3C2)C(O)C1. The maximum atomic E-state index is 10.4. The van der Waals surface area contributed by atoms with Gasteiger partial charge in [-0.2, -0.15) is 0 Å². The Labute approximate surface area is 124 Å². The molecule has 0 aromatic rings. The van der Waals surface area contributed by atoms with Gasteiger partial charge in [0.15, 0.2) is 0 Å². The highest BCUT2D eigenvalue weighted by atomic mass is 16.3. The van der Waals surface area contributed by atoms with E-state index in [-0.39, 0.29) is 6.10 Å². The van der Waals surface area contributed by atoms with E-state index in [4.69, 9.17) is 0 Å². The fraction of sp³-hybridized carbons (Fsp3) is 1.00. The molecule has 2 aliphatic carbocycles. The average Bonchev–Trinajstić information content (AvgIpc) is 2.42. The minimum Gasteiger partial charge on any atom is -0.393 e. The van der Waals surface area contributed by atoms with Crippen molar-refractivity contribution in [2.75, 3.05) is 19.6 Å². The van der Waals surface area contributed by atoms with Gasteiger partial charge in [-0.25, -0.2) is 0 Å². The predicted octanol–water partition coefficient (Wildman–Crippen LogP) is 3.54. The molecule has 3 rings (SSSR count).